The van der Waals surface area contributed by atoms with Crippen molar-refractivity contribution in [2.45, 2.75) is 238 Å². The van der Waals surface area contributed by atoms with E-state index in [-0.39, 0.29) is 18.5 Å². The molecule has 0 saturated heterocycles. The van der Waals surface area contributed by atoms with Crippen molar-refractivity contribution in [3.63, 3.8) is 0 Å². The largest absolute Gasteiger partial charge is 0.481 e. The van der Waals surface area contributed by atoms with Gasteiger partial charge in [-0.05, 0) is 77.0 Å². The van der Waals surface area contributed by atoms with E-state index in [1.54, 1.807) is 0 Å². The normalized spacial score (nSPS) is 12.7. The number of esters is 1. The number of carboxylic acid groups (broad SMARTS) is 1. The topological polar surface area (TPSA) is 63.6 Å². The van der Waals surface area contributed by atoms with Crippen molar-refractivity contribution in [3.05, 3.63) is 48.6 Å². The number of rotatable bonds is 40. The van der Waals surface area contributed by atoms with Gasteiger partial charge < -0.3 is 9.84 Å². The van der Waals surface area contributed by atoms with Crippen molar-refractivity contribution >= 4 is 11.9 Å². The van der Waals surface area contributed by atoms with E-state index in [9.17, 15) is 9.59 Å². The summed E-state index contributed by atoms with van der Waals surface area (Å²) in [5.41, 5.74) is 0. The van der Waals surface area contributed by atoms with E-state index >= 15 is 0 Å². The third-order valence-electron chi connectivity index (χ3n) is 9.82. The lowest BCUT2D eigenvalue weighted by atomic mass is 10.0. The molecule has 4 heteroatoms. The van der Waals surface area contributed by atoms with Crippen LogP contribution >= 0.6 is 0 Å². The number of carbonyl (C=O) groups is 2. The highest BCUT2D eigenvalue weighted by molar-refractivity contribution is 5.69. The first-order chi connectivity index (χ1) is 25.1. The van der Waals surface area contributed by atoms with Crippen LogP contribution in [0.2, 0.25) is 0 Å². The van der Waals surface area contributed by atoms with Crippen LogP contribution in [0.15, 0.2) is 48.6 Å². The lowest BCUT2D eigenvalue weighted by Gasteiger charge is -2.18. The molecule has 0 aliphatic carbocycles. The van der Waals surface area contributed by atoms with Gasteiger partial charge in [0, 0.05) is 12.8 Å². The van der Waals surface area contributed by atoms with E-state index in [2.05, 4.69) is 62.5 Å². The van der Waals surface area contributed by atoms with Crippen molar-refractivity contribution in [1.29, 1.82) is 0 Å². The van der Waals surface area contributed by atoms with Crippen LogP contribution in [0.5, 0.6) is 0 Å². The van der Waals surface area contributed by atoms with Crippen LogP contribution < -0.4 is 0 Å². The number of ether oxygens (including phenoxy) is 1. The first-order valence-corrected chi connectivity index (χ1v) is 22.1. The molecule has 0 bridgehead atoms. The van der Waals surface area contributed by atoms with Crippen LogP contribution in [0.1, 0.15) is 232 Å². The minimum Gasteiger partial charge on any atom is -0.481 e. The van der Waals surface area contributed by atoms with E-state index in [4.69, 9.17) is 9.84 Å². The van der Waals surface area contributed by atoms with Crippen molar-refractivity contribution in [1.82, 2.24) is 0 Å². The summed E-state index contributed by atoms with van der Waals surface area (Å²) in [5.74, 6) is -0.709. The number of allylic oxidation sites excluding steroid dienone is 8. The summed E-state index contributed by atoms with van der Waals surface area (Å²) in [7, 11) is 0. The molecule has 0 aromatic carbocycles. The highest BCUT2D eigenvalue weighted by atomic mass is 16.5. The number of hydrogen-bond acceptors (Lipinski definition) is 3. The number of carbonyl (C=O) groups excluding carboxylic acids is 1. The maximum atomic E-state index is 12.7. The third-order valence-corrected chi connectivity index (χ3v) is 9.82. The van der Waals surface area contributed by atoms with E-state index < -0.39 is 5.97 Å². The maximum absolute atomic E-state index is 12.7. The summed E-state index contributed by atoms with van der Waals surface area (Å²) in [6.45, 7) is 4.45. The first-order valence-electron chi connectivity index (χ1n) is 22.1. The number of carboxylic acids is 1. The molecule has 1 N–H and O–H groups in total. The van der Waals surface area contributed by atoms with Crippen molar-refractivity contribution in [2.24, 2.45) is 0 Å². The van der Waals surface area contributed by atoms with Gasteiger partial charge in [0.25, 0.3) is 0 Å². The highest BCUT2D eigenvalue weighted by Gasteiger charge is 2.14. The molecule has 1 atom stereocenters. The minimum absolute atomic E-state index is 0.00819. The van der Waals surface area contributed by atoms with Gasteiger partial charge in [-0.2, -0.15) is 0 Å². The van der Waals surface area contributed by atoms with Crippen LogP contribution in [0, 0.1) is 0 Å². The maximum Gasteiger partial charge on any atom is 0.306 e. The van der Waals surface area contributed by atoms with Crippen LogP contribution in [0.4, 0.5) is 0 Å². The summed E-state index contributed by atoms with van der Waals surface area (Å²) in [5, 5.41) is 8.84. The lowest BCUT2D eigenvalue weighted by Crippen LogP contribution is -2.18. The number of hydrogen-bond donors (Lipinski definition) is 1. The van der Waals surface area contributed by atoms with Crippen molar-refractivity contribution < 1.29 is 19.4 Å². The molecule has 0 fully saturated rings. The van der Waals surface area contributed by atoms with Gasteiger partial charge in [0.15, 0.2) is 0 Å². The van der Waals surface area contributed by atoms with E-state index in [1.165, 1.54) is 109 Å². The molecule has 0 amide bonds. The highest BCUT2D eigenvalue weighted by Crippen LogP contribution is 2.19. The Hall–Kier alpha value is -2.10. The molecular weight excluding hydrogens is 629 g/mol. The van der Waals surface area contributed by atoms with Crippen LogP contribution in [0.3, 0.4) is 0 Å². The summed E-state index contributed by atoms with van der Waals surface area (Å²) >= 11 is 0. The Morgan fingerprint density at radius 1 is 0.451 bits per heavy atom. The van der Waals surface area contributed by atoms with E-state index in [0.29, 0.717) is 6.42 Å². The molecule has 0 heterocycles. The fourth-order valence-corrected chi connectivity index (χ4v) is 6.59. The number of aliphatic carboxylic acids is 1. The van der Waals surface area contributed by atoms with E-state index in [0.717, 1.165) is 96.3 Å². The van der Waals surface area contributed by atoms with Gasteiger partial charge in [0.2, 0.25) is 0 Å². The molecule has 0 aromatic heterocycles. The van der Waals surface area contributed by atoms with Gasteiger partial charge in [-0.25, -0.2) is 0 Å². The minimum atomic E-state index is -0.701. The quantitative estimate of drug-likeness (QED) is 0.0390. The summed E-state index contributed by atoms with van der Waals surface area (Å²) in [6.07, 6.45) is 57.1. The summed E-state index contributed by atoms with van der Waals surface area (Å²) in [4.78, 5) is 23.5. The average molecular weight is 713 g/mol. The van der Waals surface area contributed by atoms with Crippen LogP contribution in [-0.4, -0.2) is 23.1 Å². The van der Waals surface area contributed by atoms with Gasteiger partial charge in [-0.3, -0.25) is 9.59 Å². The van der Waals surface area contributed by atoms with Crippen molar-refractivity contribution in [3.8, 4) is 0 Å². The molecule has 0 aliphatic heterocycles. The Morgan fingerprint density at radius 3 is 1.27 bits per heavy atom. The molecule has 296 valence electrons. The van der Waals surface area contributed by atoms with E-state index in [1.807, 2.05) is 0 Å². The van der Waals surface area contributed by atoms with Crippen molar-refractivity contribution in [2.75, 3.05) is 0 Å². The Morgan fingerprint density at radius 2 is 0.824 bits per heavy atom. The molecule has 0 rings (SSSR count). The van der Waals surface area contributed by atoms with Gasteiger partial charge in [0.1, 0.15) is 6.10 Å². The second kappa shape index (κ2) is 42.3. The molecule has 4 nitrogen and oxygen atoms in total. The zero-order valence-corrected chi connectivity index (χ0v) is 33.9. The Labute approximate surface area is 317 Å². The summed E-state index contributed by atoms with van der Waals surface area (Å²) < 4.78 is 6.03. The summed E-state index contributed by atoms with van der Waals surface area (Å²) in [6, 6.07) is 0. The fourth-order valence-electron chi connectivity index (χ4n) is 6.59. The van der Waals surface area contributed by atoms with Gasteiger partial charge in [-0.1, -0.05) is 191 Å². The molecule has 0 saturated carbocycles. The fraction of sp³-hybridized carbons (Fsp3) is 0.787. The first kappa shape index (κ1) is 48.9. The van der Waals surface area contributed by atoms with Crippen LogP contribution in [0.25, 0.3) is 0 Å². The lowest BCUT2D eigenvalue weighted by molar-refractivity contribution is -0.150. The predicted octanol–water partition coefficient (Wildman–Crippen LogP) is 15.5. The zero-order valence-electron chi connectivity index (χ0n) is 33.9. The molecule has 1 unspecified atom stereocenters. The molecule has 0 spiro atoms. The second-order valence-corrected chi connectivity index (χ2v) is 14.9. The molecule has 0 aromatic rings. The predicted molar refractivity (Wildman–Crippen MR) is 222 cm³/mol. The molecule has 51 heavy (non-hydrogen) atoms. The molecular formula is C47H84O4. The smallest absolute Gasteiger partial charge is 0.306 e. The Balaban J connectivity index is 4.03. The molecule has 0 aliphatic rings. The Kier molecular flexibility index (Phi) is 40.6. The van der Waals surface area contributed by atoms with Gasteiger partial charge >= 0.3 is 11.9 Å². The van der Waals surface area contributed by atoms with Gasteiger partial charge in [-0.15, -0.1) is 0 Å². The average Bonchev–Trinajstić information content (AvgIpc) is 3.12. The van der Waals surface area contributed by atoms with Crippen LogP contribution in [-0.2, 0) is 14.3 Å². The second-order valence-electron chi connectivity index (χ2n) is 14.9. The monoisotopic (exact) mass is 713 g/mol. The zero-order chi connectivity index (χ0) is 37.1. The third kappa shape index (κ3) is 42.2. The standard InChI is InChI=1S/C47H84O4/c1-3-5-7-9-11-13-15-17-19-20-21-22-23-25-27-29-31-36-40-44-47(50)51-45(42-38-34-32-35-39-43-46(48)49)41-37-33-30-28-26-24-18-16-14-12-10-8-6-4-2/h5,7,11,13,17,19,21-22,45H,3-4,6,8-10,12,14-16,18,20,23-44H2,1-2H3,(H,48,49)/b7-5-,13-11-,19-17-,22-21-. The SMILES string of the molecule is CC/C=C\C/C=C\C/C=C\C/C=C\CCCCCCCCC(=O)OC(CCCCCCCCCCCCCCCC)CCCCCCCC(=O)O. The molecule has 0 radical (unpaired) electrons. The van der Waals surface area contributed by atoms with Gasteiger partial charge in [0.05, 0.1) is 0 Å². The number of unbranched alkanes of at least 4 members (excludes halogenated alkanes) is 23. The Bertz CT molecular complexity index is 854.